The fraction of sp³-hybridized carbons (Fsp3) is 0.476. The van der Waals surface area contributed by atoms with E-state index in [1.807, 2.05) is 38.1 Å². The molecule has 1 aromatic carbocycles. The molecular weight excluding hydrogens is 354 g/mol. The van der Waals surface area contributed by atoms with Crippen LogP contribution in [0.3, 0.4) is 0 Å². The van der Waals surface area contributed by atoms with E-state index < -0.39 is 0 Å². The summed E-state index contributed by atoms with van der Waals surface area (Å²) in [4.78, 5) is 24.8. The molecule has 3 heterocycles. The van der Waals surface area contributed by atoms with Crippen LogP contribution < -0.4 is 10.5 Å². The minimum Gasteiger partial charge on any atom is -0.372 e. The van der Waals surface area contributed by atoms with Gasteiger partial charge in [0, 0.05) is 38.3 Å². The Hall–Kier alpha value is -2.69. The highest BCUT2D eigenvalue weighted by Crippen LogP contribution is 2.21. The summed E-state index contributed by atoms with van der Waals surface area (Å²) in [6.45, 7) is 7.78. The summed E-state index contributed by atoms with van der Waals surface area (Å²) >= 11 is 0. The maximum atomic E-state index is 12.6. The zero-order valence-corrected chi connectivity index (χ0v) is 16.3. The standard InChI is InChI=1S/C21H25N5O2/c1-14-10-26(11-15(2)28-14)21-23-19-13-25(8-7-18(19)20(27)24-21)12-17-5-3-16(9-22)4-6-17/h3-6,14-15H,7-8,10-13H2,1-2H3,(H,23,24,27)/t14-,15-/m0/s1. The highest BCUT2D eigenvalue weighted by atomic mass is 16.5. The quantitative estimate of drug-likeness (QED) is 0.876. The molecule has 1 N–H and O–H groups in total. The van der Waals surface area contributed by atoms with Crippen LogP contribution in [0.25, 0.3) is 0 Å². The van der Waals surface area contributed by atoms with Gasteiger partial charge >= 0.3 is 0 Å². The summed E-state index contributed by atoms with van der Waals surface area (Å²) in [5.74, 6) is 0.644. The van der Waals surface area contributed by atoms with E-state index in [-0.39, 0.29) is 17.8 Å². The van der Waals surface area contributed by atoms with Crippen molar-refractivity contribution >= 4 is 5.95 Å². The minimum atomic E-state index is -0.0233. The lowest BCUT2D eigenvalue weighted by Crippen LogP contribution is -2.47. The lowest BCUT2D eigenvalue weighted by molar-refractivity contribution is -0.00576. The molecule has 2 aliphatic rings. The fourth-order valence-corrected chi connectivity index (χ4v) is 4.06. The van der Waals surface area contributed by atoms with Gasteiger partial charge in [0.15, 0.2) is 0 Å². The number of hydrogen-bond donors (Lipinski definition) is 1. The Morgan fingerprint density at radius 2 is 1.96 bits per heavy atom. The average molecular weight is 379 g/mol. The first kappa shape index (κ1) is 18.7. The molecule has 1 saturated heterocycles. The number of rotatable bonds is 3. The van der Waals surface area contributed by atoms with Gasteiger partial charge in [0.05, 0.1) is 29.5 Å². The number of nitrogens with zero attached hydrogens (tertiary/aromatic N) is 4. The van der Waals surface area contributed by atoms with E-state index in [0.29, 0.717) is 24.5 Å². The van der Waals surface area contributed by atoms with Gasteiger partial charge < -0.3 is 9.64 Å². The van der Waals surface area contributed by atoms with Crippen LogP contribution >= 0.6 is 0 Å². The number of H-pyrrole nitrogens is 1. The zero-order chi connectivity index (χ0) is 19.7. The smallest absolute Gasteiger partial charge is 0.255 e. The predicted molar refractivity (Wildman–Crippen MR) is 106 cm³/mol. The summed E-state index contributed by atoms with van der Waals surface area (Å²) in [7, 11) is 0. The number of aromatic amines is 1. The zero-order valence-electron chi connectivity index (χ0n) is 16.3. The van der Waals surface area contributed by atoms with Crippen LogP contribution in [0.1, 0.15) is 36.2 Å². The van der Waals surface area contributed by atoms with Crippen molar-refractivity contribution in [3.63, 3.8) is 0 Å². The summed E-state index contributed by atoms with van der Waals surface area (Å²) in [6.07, 6.45) is 0.917. The molecule has 2 aliphatic heterocycles. The first-order valence-corrected chi connectivity index (χ1v) is 9.75. The number of nitriles is 1. The molecule has 0 radical (unpaired) electrons. The van der Waals surface area contributed by atoms with E-state index in [9.17, 15) is 4.79 Å². The lowest BCUT2D eigenvalue weighted by atomic mass is 10.1. The second-order valence-electron chi connectivity index (χ2n) is 7.75. The molecule has 0 unspecified atom stereocenters. The molecule has 0 saturated carbocycles. The van der Waals surface area contributed by atoms with Gasteiger partial charge in [-0.3, -0.25) is 14.7 Å². The maximum Gasteiger partial charge on any atom is 0.255 e. The van der Waals surface area contributed by atoms with Crippen molar-refractivity contribution in [2.24, 2.45) is 0 Å². The van der Waals surface area contributed by atoms with Crippen molar-refractivity contribution in [1.82, 2.24) is 14.9 Å². The van der Waals surface area contributed by atoms with E-state index in [4.69, 9.17) is 15.0 Å². The highest BCUT2D eigenvalue weighted by molar-refractivity contribution is 5.36. The van der Waals surface area contributed by atoms with Crippen molar-refractivity contribution in [2.45, 2.75) is 45.6 Å². The molecule has 1 aromatic heterocycles. The molecule has 0 amide bonds. The van der Waals surface area contributed by atoms with Crippen molar-refractivity contribution in [2.75, 3.05) is 24.5 Å². The number of hydrogen-bond acceptors (Lipinski definition) is 6. The topological polar surface area (TPSA) is 85.3 Å². The van der Waals surface area contributed by atoms with Gasteiger partial charge in [0.2, 0.25) is 5.95 Å². The number of fused-ring (bicyclic) bond motifs is 1. The summed E-state index contributed by atoms with van der Waals surface area (Å²) in [5, 5.41) is 8.94. The highest BCUT2D eigenvalue weighted by Gasteiger charge is 2.26. The summed E-state index contributed by atoms with van der Waals surface area (Å²) in [6, 6.07) is 9.80. The molecule has 4 rings (SSSR count). The van der Waals surface area contributed by atoms with Crippen LogP contribution in [0.2, 0.25) is 0 Å². The molecule has 1 fully saturated rings. The Morgan fingerprint density at radius 3 is 2.64 bits per heavy atom. The molecule has 0 spiro atoms. The first-order chi connectivity index (χ1) is 13.5. The Morgan fingerprint density at radius 1 is 1.25 bits per heavy atom. The summed E-state index contributed by atoms with van der Waals surface area (Å²) in [5.41, 5.74) is 3.47. The largest absolute Gasteiger partial charge is 0.372 e. The number of aromatic nitrogens is 2. The molecule has 2 atom stereocenters. The monoisotopic (exact) mass is 379 g/mol. The first-order valence-electron chi connectivity index (χ1n) is 9.75. The number of ether oxygens (including phenoxy) is 1. The third-order valence-corrected chi connectivity index (χ3v) is 5.35. The average Bonchev–Trinajstić information content (AvgIpc) is 2.67. The van der Waals surface area contributed by atoms with Gasteiger partial charge in [-0.25, -0.2) is 4.98 Å². The summed E-state index contributed by atoms with van der Waals surface area (Å²) < 4.78 is 5.79. The van der Waals surface area contributed by atoms with Gasteiger partial charge in [-0.1, -0.05) is 12.1 Å². The van der Waals surface area contributed by atoms with E-state index in [1.54, 1.807) is 0 Å². The van der Waals surface area contributed by atoms with E-state index in [1.165, 1.54) is 0 Å². The molecule has 146 valence electrons. The van der Waals surface area contributed by atoms with E-state index in [0.717, 1.165) is 43.0 Å². The normalized spacial score (nSPS) is 22.5. The Bertz CT molecular complexity index is 937. The van der Waals surface area contributed by atoms with E-state index >= 15 is 0 Å². The SMILES string of the molecule is C[C@H]1CN(c2nc3c(c(=O)[nH]2)CCN(Cc2ccc(C#N)cc2)C3)C[C@H](C)O1. The molecular formula is C21H25N5O2. The van der Waals surface area contributed by atoms with Crippen LogP contribution in [-0.2, 0) is 24.2 Å². The van der Waals surface area contributed by atoms with Crippen LogP contribution in [0, 0.1) is 11.3 Å². The van der Waals surface area contributed by atoms with Gasteiger partial charge in [0.1, 0.15) is 0 Å². The van der Waals surface area contributed by atoms with E-state index in [2.05, 4.69) is 20.9 Å². The molecule has 7 heteroatoms. The van der Waals surface area contributed by atoms with Gasteiger partial charge in [-0.05, 0) is 38.0 Å². The Labute approximate surface area is 164 Å². The Kier molecular flexibility index (Phi) is 5.16. The number of anilines is 1. The van der Waals surface area contributed by atoms with Crippen molar-refractivity contribution in [1.29, 1.82) is 5.26 Å². The second kappa shape index (κ2) is 7.74. The van der Waals surface area contributed by atoms with Crippen LogP contribution in [0.4, 0.5) is 5.95 Å². The third-order valence-electron chi connectivity index (χ3n) is 5.35. The van der Waals surface area contributed by atoms with Gasteiger partial charge in [0.25, 0.3) is 5.56 Å². The minimum absolute atomic E-state index is 0.0233. The predicted octanol–water partition coefficient (Wildman–Crippen LogP) is 1.81. The van der Waals surface area contributed by atoms with Crippen molar-refractivity contribution < 1.29 is 4.74 Å². The van der Waals surface area contributed by atoms with Crippen LogP contribution in [0.15, 0.2) is 29.1 Å². The molecule has 2 aromatic rings. The van der Waals surface area contributed by atoms with Crippen LogP contribution in [0.5, 0.6) is 0 Å². The lowest BCUT2D eigenvalue weighted by Gasteiger charge is -2.36. The van der Waals surface area contributed by atoms with Crippen LogP contribution in [-0.4, -0.2) is 46.7 Å². The Balaban J connectivity index is 1.53. The second-order valence-corrected chi connectivity index (χ2v) is 7.75. The fourth-order valence-electron chi connectivity index (χ4n) is 4.06. The van der Waals surface area contributed by atoms with Gasteiger partial charge in [-0.2, -0.15) is 5.26 Å². The maximum absolute atomic E-state index is 12.6. The third kappa shape index (κ3) is 3.93. The molecule has 7 nitrogen and oxygen atoms in total. The van der Waals surface area contributed by atoms with Crippen molar-refractivity contribution in [3.8, 4) is 6.07 Å². The number of nitrogens with one attached hydrogen (secondary N) is 1. The molecule has 0 bridgehead atoms. The number of benzene rings is 1. The van der Waals surface area contributed by atoms with Crippen molar-refractivity contribution in [3.05, 3.63) is 57.0 Å². The molecule has 0 aliphatic carbocycles. The molecule has 28 heavy (non-hydrogen) atoms. The van der Waals surface area contributed by atoms with Gasteiger partial charge in [-0.15, -0.1) is 0 Å². The number of morpholine rings is 1.